The first kappa shape index (κ1) is 21.8. The predicted molar refractivity (Wildman–Crippen MR) is 118 cm³/mol. The van der Waals surface area contributed by atoms with Crippen LogP contribution in [0.3, 0.4) is 0 Å². The summed E-state index contributed by atoms with van der Waals surface area (Å²) in [4.78, 5) is 23.8. The molecule has 0 aliphatic carbocycles. The summed E-state index contributed by atoms with van der Waals surface area (Å²) in [6.07, 6.45) is 3.26. The highest BCUT2D eigenvalue weighted by molar-refractivity contribution is 6.35. The minimum absolute atomic E-state index is 0.0320. The van der Waals surface area contributed by atoms with Crippen molar-refractivity contribution in [1.82, 2.24) is 10.7 Å². The summed E-state index contributed by atoms with van der Waals surface area (Å²) in [5, 5.41) is 10.4. The topological polar surface area (TPSA) is 91.8 Å². The van der Waals surface area contributed by atoms with Gasteiger partial charge >= 0.3 is 11.8 Å². The van der Waals surface area contributed by atoms with Crippen molar-refractivity contribution in [3.8, 4) is 0 Å². The maximum atomic E-state index is 11.9. The lowest BCUT2D eigenvalue weighted by atomic mass is 10.1. The number of nitrogens with zero attached hydrogens (tertiary/aromatic N) is 1. The molecule has 0 unspecified atom stereocenters. The molecule has 1 atom stereocenters. The highest BCUT2D eigenvalue weighted by Gasteiger charge is 2.19. The van der Waals surface area contributed by atoms with Gasteiger partial charge in [-0.15, -0.1) is 0 Å². The van der Waals surface area contributed by atoms with E-state index in [9.17, 15) is 9.59 Å². The molecule has 7 nitrogen and oxygen atoms in total. The van der Waals surface area contributed by atoms with Crippen LogP contribution in [-0.2, 0) is 14.3 Å². The first-order valence-corrected chi connectivity index (χ1v) is 10.2. The van der Waals surface area contributed by atoms with Crippen LogP contribution in [0, 0.1) is 13.8 Å². The van der Waals surface area contributed by atoms with E-state index in [0.717, 1.165) is 35.3 Å². The monoisotopic (exact) mass is 428 g/mol. The molecule has 1 aliphatic heterocycles. The molecule has 8 heteroatoms. The van der Waals surface area contributed by atoms with E-state index in [0.29, 0.717) is 23.7 Å². The summed E-state index contributed by atoms with van der Waals surface area (Å²) in [5.74, 6) is -1.59. The minimum atomic E-state index is -0.838. The second kappa shape index (κ2) is 10.2. The van der Waals surface area contributed by atoms with E-state index in [1.165, 1.54) is 6.21 Å². The number of aryl methyl sites for hydroxylation is 2. The molecule has 2 aromatic rings. The summed E-state index contributed by atoms with van der Waals surface area (Å²) in [6, 6.07) is 11.5. The van der Waals surface area contributed by atoms with E-state index in [1.807, 2.05) is 38.1 Å². The van der Waals surface area contributed by atoms with E-state index in [2.05, 4.69) is 21.2 Å². The van der Waals surface area contributed by atoms with Gasteiger partial charge in [-0.1, -0.05) is 23.7 Å². The number of nitrogens with one attached hydrogen (secondary N) is 3. The van der Waals surface area contributed by atoms with Gasteiger partial charge in [0.25, 0.3) is 0 Å². The number of benzene rings is 2. The quantitative estimate of drug-likeness (QED) is 0.373. The van der Waals surface area contributed by atoms with E-state index >= 15 is 0 Å². The van der Waals surface area contributed by atoms with Crippen molar-refractivity contribution in [2.24, 2.45) is 5.10 Å². The maximum absolute atomic E-state index is 11.9. The Morgan fingerprint density at radius 1 is 1.17 bits per heavy atom. The standard InChI is InChI=1S/C22H25ClN4O3/c1-14-5-6-15(2)20(10-14)26-19-8-7-17(23)11-16(19)12-25-27-22(29)21(28)24-13-18-4-3-9-30-18/h5-8,10-12,18,26H,3-4,9,13H2,1-2H3,(H,24,28)(H,27,29)/b25-12-/t18-/m1/s1. The molecule has 1 saturated heterocycles. The highest BCUT2D eigenvalue weighted by Crippen LogP contribution is 2.26. The lowest BCUT2D eigenvalue weighted by Crippen LogP contribution is -2.41. The van der Waals surface area contributed by atoms with Crippen molar-refractivity contribution < 1.29 is 14.3 Å². The van der Waals surface area contributed by atoms with Gasteiger partial charge in [0.15, 0.2) is 0 Å². The molecule has 0 saturated carbocycles. The van der Waals surface area contributed by atoms with Gasteiger partial charge in [0.2, 0.25) is 0 Å². The number of rotatable bonds is 6. The third-order valence-electron chi connectivity index (χ3n) is 4.77. The first-order valence-electron chi connectivity index (χ1n) is 9.79. The molecule has 158 valence electrons. The van der Waals surface area contributed by atoms with Crippen LogP contribution >= 0.6 is 11.6 Å². The molecule has 1 fully saturated rings. The minimum Gasteiger partial charge on any atom is -0.376 e. The molecular formula is C22H25ClN4O3. The Labute approximate surface area is 180 Å². The number of halogens is 1. The third kappa shape index (κ3) is 6.05. The van der Waals surface area contributed by atoms with Crippen molar-refractivity contribution in [2.75, 3.05) is 18.5 Å². The van der Waals surface area contributed by atoms with Crippen molar-refractivity contribution >= 4 is 41.0 Å². The Morgan fingerprint density at radius 2 is 2.00 bits per heavy atom. The fourth-order valence-corrected chi connectivity index (χ4v) is 3.25. The van der Waals surface area contributed by atoms with E-state index in [-0.39, 0.29) is 6.10 Å². The Balaban J connectivity index is 1.63. The lowest BCUT2D eigenvalue weighted by Gasteiger charge is -2.13. The van der Waals surface area contributed by atoms with Crippen LogP contribution in [0.25, 0.3) is 0 Å². The Kier molecular flexibility index (Phi) is 7.43. The van der Waals surface area contributed by atoms with Gasteiger partial charge in [0.05, 0.1) is 12.3 Å². The van der Waals surface area contributed by atoms with Gasteiger partial charge in [-0.2, -0.15) is 5.10 Å². The van der Waals surface area contributed by atoms with Crippen LogP contribution < -0.4 is 16.1 Å². The number of carbonyl (C=O) groups excluding carboxylic acids is 2. The number of carbonyl (C=O) groups is 2. The van der Waals surface area contributed by atoms with Crippen molar-refractivity contribution in [3.05, 3.63) is 58.1 Å². The molecule has 0 spiro atoms. The molecule has 1 heterocycles. The van der Waals surface area contributed by atoms with Crippen molar-refractivity contribution in [2.45, 2.75) is 32.8 Å². The van der Waals surface area contributed by atoms with Crippen LogP contribution in [0.5, 0.6) is 0 Å². The van der Waals surface area contributed by atoms with Crippen molar-refractivity contribution in [3.63, 3.8) is 0 Å². The highest BCUT2D eigenvalue weighted by atomic mass is 35.5. The Morgan fingerprint density at radius 3 is 2.77 bits per heavy atom. The zero-order valence-corrected chi connectivity index (χ0v) is 17.8. The molecular weight excluding hydrogens is 404 g/mol. The third-order valence-corrected chi connectivity index (χ3v) is 5.00. The zero-order valence-electron chi connectivity index (χ0n) is 17.0. The Hall–Kier alpha value is -2.90. The summed E-state index contributed by atoms with van der Waals surface area (Å²) in [5.41, 5.74) is 6.87. The zero-order chi connectivity index (χ0) is 21.5. The van der Waals surface area contributed by atoms with E-state index in [4.69, 9.17) is 16.3 Å². The average molecular weight is 429 g/mol. The molecule has 0 bridgehead atoms. The molecule has 2 aromatic carbocycles. The largest absolute Gasteiger partial charge is 0.376 e. The second-order valence-corrected chi connectivity index (χ2v) is 7.66. The molecule has 1 aliphatic rings. The SMILES string of the molecule is Cc1ccc(C)c(Nc2ccc(Cl)cc2/C=N\NC(=O)C(=O)NC[C@H]2CCCO2)c1. The molecule has 0 aromatic heterocycles. The summed E-state index contributed by atoms with van der Waals surface area (Å²) in [7, 11) is 0. The number of anilines is 2. The molecule has 3 rings (SSSR count). The van der Waals surface area contributed by atoms with Gasteiger partial charge in [-0.25, -0.2) is 5.43 Å². The van der Waals surface area contributed by atoms with Crippen LogP contribution in [0.15, 0.2) is 41.5 Å². The van der Waals surface area contributed by atoms with Crippen LogP contribution in [0.2, 0.25) is 5.02 Å². The summed E-state index contributed by atoms with van der Waals surface area (Å²) < 4.78 is 5.42. The normalized spacial score (nSPS) is 15.9. The molecule has 2 amide bonds. The number of hydrazone groups is 1. The van der Waals surface area contributed by atoms with Gasteiger partial charge in [-0.3, -0.25) is 9.59 Å². The number of ether oxygens (including phenoxy) is 1. The van der Waals surface area contributed by atoms with Gasteiger partial charge in [-0.05, 0) is 62.1 Å². The van der Waals surface area contributed by atoms with Gasteiger partial charge < -0.3 is 15.4 Å². The van der Waals surface area contributed by atoms with E-state index < -0.39 is 11.8 Å². The molecule has 0 radical (unpaired) electrons. The smallest absolute Gasteiger partial charge is 0.329 e. The lowest BCUT2D eigenvalue weighted by molar-refractivity contribution is -0.139. The maximum Gasteiger partial charge on any atom is 0.329 e. The van der Waals surface area contributed by atoms with Crippen LogP contribution in [0.4, 0.5) is 11.4 Å². The van der Waals surface area contributed by atoms with Gasteiger partial charge in [0.1, 0.15) is 0 Å². The summed E-state index contributed by atoms with van der Waals surface area (Å²) >= 11 is 6.12. The number of hydrogen-bond acceptors (Lipinski definition) is 5. The number of amides is 2. The molecule has 3 N–H and O–H groups in total. The van der Waals surface area contributed by atoms with Gasteiger partial charge in [0, 0.05) is 35.1 Å². The molecule has 30 heavy (non-hydrogen) atoms. The fraction of sp³-hybridized carbons (Fsp3) is 0.318. The average Bonchev–Trinajstić information content (AvgIpc) is 3.24. The second-order valence-electron chi connectivity index (χ2n) is 7.22. The number of hydrogen-bond donors (Lipinski definition) is 3. The predicted octanol–water partition coefficient (Wildman–Crippen LogP) is 3.45. The Bertz CT molecular complexity index is 955. The van der Waals surface area contributed by atoms with E-state index in [1.54, 1.807) is 12.1 Å². The summed E-state index contributed by atoms with van der Waals surface area (Å²) in [6.45, 7) is 5.04. The van der Waals surface area contributed by atoms with Crippen LogP contribution in [0.1, 0.15) is 29.5 Å². The first-order chi connectivity index (χ1) is 14.4. The van der Waals surface area contributed by atoms with Crippen molar-refractivity contribution in [1.29, 1.82) is 0 Å². The fourth-order valence-electron chi connectivity index (χ4n) is 3.07. The van der Waals surface area contributed by atoms with Crippen LogP contribution in [-0.4, -0.2) is 37.3 Å².